The molecule has 27 heavy (non-hydrogen) atoms. The SMILES string of the molecule is O=C(C=Cc1ccccc1Cl)Nc1ccccc1C(=O)NCC1CCCO1. The number of carbonyl (C=O) groups is 2. The largest absolute Gasteiger partial charge is 0.376 e. The maximum absolute atomic E-state index is 12.5. The molecule has 6 heteroatoms. The number of carbonyl (C=O) groups excluding carboxylic acids is 2. The van der Waals surface area contributed by atoms with Crippen molar-refractivity contribution < 1.29 is 14.3 Å². The van der Waals surface area contributed by atoms with Crippen molar-refractivity contribution in [2.75, 3.05) is 18.5 Å². The Morgan fingerprint density at radius 3 is 2.70 bits per heavy atom. The van der Waals surface area contributed by atoms with E-state index in [4.69, 9.17) is 16.3 Å². The molecule has 5 nitrogen and oxygen atoms in total. The predicted molar refractivity (Wildman–Crippen MR) is 107 cm³/mol. The zero-order valence-electron chi connectivity index (χ0n) is 14.8. The van der Waals surface area contributed by atoms with Crippen molar-refractivity contribution in [3.8, 4) is 0 Å². The van der Waals surface area contributed by atoms with E-state index in [0.29, 0.717) is 22.8 Å². The van der Waals surface area contributed by atoms with Crippen LogP contribution in [0, 0.1) is 0 Å². The summed E-state index contributed by atoms with van der Waals surface area (Å²) < 4.78 is 5.51. The Morgan fingerprint density at radius 1 is 1.15 bits per heavy atom. The molecule has 1 fully saturated rings. The van der Waals surface area contributed by atoms with Gasteiger partial charge < -0.3 is 15.4 Å². The highest BCUT2D eigenvalue weighted by Gasteiger charge is 2.18. The van der Waals surface area contributed by atoms with E-state index in [1.54, 1.807) is 36.4 Å². The molecule has 0 aromatic heterocycles. The quantitative estimate of drug-likeness (QED) is 0.742. The van der Waals surface area contributed by atoms with Crippen LogP contribution in [-0.2, 0) is 9.53 Å². The van der Waals surface area contributed by atoms with Crippen molar-refractivity contribution in [1.29, 1.82) is 0 Å². The summed E-state index contributed by atoms with van der Waals surface area (Å²) in [6.07, 6.45) is 5.06. The number of halogens is 1. The second kappa shape index (κ2) is 9.35. The van der Waals surface area contributed by atoms with E-state index < -0.39 is 0 Å². The van der Waals surface area contributed by atoms with Gasteiger partial charge in [0, 0.05) is 24.3 Å². The molecule has 1 heterocycles. The Balaban J connectivity index is 1.63. The van der Waals surface area contributed by atoms with Crippen LogP contribution in [-0.4, -0.2) is 31.1 Å². The van der Waals surface area contributed by atoms with Gasteiger partial charge in [-0.3, -0.25) is 9.59 Å². The van der Waals surface area contributed by atoms with Gasteiger partial charge in [-0.25, -0.2) is 0 Å². The minimum Gasteiger partial charge on any atom is -0.376 e. The molecule has 0 spiro atoms. The first-order chi connectivity index (χ1) is 13.1. The summed E-state index contributed by atoms with van der Waals surface area (Å²) in [5, 5.41) is 6.18. The van der Waals surface area contributed by atoms with Crippen molar-refractivity contribution in [2.24, 2.45) is 0 Å². The highest BCUT2D eigenvalue weighted by molar-refractivity contribution is 6.32. The summed E-state index contributed by atoms with van der Waals surface area (Å²) in [6.45, 7) is 1.21. The average Bonchev–Trinajstić information content (AvgIpc) is 3.19. The predicted octanol–water partition coefficient (Wildman–Crippen LogP) is 3.90. The van der Waals surface area contributed by atoms with E-state index >= 15 is 0 Å². The number of ether oxygens (including phenoxy) is 1. The van der Waals surface area contributed by atoms with Crippen molar-refractivity contribution >= 4 is 35.2 Å². The standard InChI is InChI=1S/C21H21ClN2O3/c22-18-9-3-1-6-15(18)11-12-20(25)24-19-10-4-2-8-17(19)21(26)23-14-16-7-5-13-27-16/h1-4,6,8-12,16H,5,7,13-14H2,(H,23,26)(H,24,25). The van der Waals surface area contributed by atoms with Crippen molar-refractivity contribution in [2.45, 2.75) is 18.9 Å². The molecule has 2 N–H and O–H groups in total. The maximum atomic E-state index is 12.5. The highest BCUT2D eigenvalue weighted by atomic mass is 35.5. The fraction of sp³-hybridized carbons (Fsp3) is 0.238. The third-order valence-corrected chi connectivity index (χ3v) is 4.61. The lowest BCUT2D eigenvalue weighted by Crippen LogP contribution is -2.32. The van der Waals surface area contributed by atoms with Crippen LogP contribution in [0.25, 0.3) is 6.08 Å². The van der Waals surface area contributed by atoms with Gasteiger partial charge in [-0.2, -0.15) is 0 Å². The summed E-state index contributed by atoms with van der Waals surface area (Å²) in [7, 11) is 0. The van der Waals surface area contributed by atoms with Gasteiger partial charge in [-0.05, 0) is 42.7 Å². The van der Waals surface area contributed by atoms with Crippen molar-refractivity contribution in [1.82, 2.24) is 5.32 Å². The van der Waals surface area contributed by atoms with Gasteiger partial charge in [-0.1, -0.05) is 41.9 Å². The van der Waals surface area contributed by atoms with Crippen LogP contribution in [0.15, 0.2) is 54.6 Å². The molecular formula is C21H21ClN2O3. The van der Waals surface area contributed by atoms with Gasteiger partial charge in [0.15, 0.2) is 0 Å². The maximum Gasteiger partial charge on any atom is 0.253 e. The summed E-state index contributed by atoms with van der Waals surface area (Å²) in [5.41, 5.74) is 1.61. The van der Waals surface area contributed by atoms with Crippen LogP contribution in [0.3, 0.4) is 0 Å². The number of para-hydroxylation sites is 1. The molecule has 3 rings (SSSR count). The van der Waals surface area contributed by atoms with Gasteiger partial charge >= 0.3 is 0 Å². The smallest absolute Gasteiger partial charge is 0.253 e. The lowest BCUT2D eigenvalue weighted by molar-refractivity contribution is -0.111. The monoisotopic (exact) mass is 384 g/mol. The molecule has 0 saturated carbocycles. The summed E-state index contributed by atoms with van der Waals surface area (Å²) >= 11 is 6.08. The molecule has 1 saturated heterocycles. The lowest BCUT2D eigenvalue weighted by Gasteiger charge is -2.13. The van der Waals surface area contributed by atoms with Crippen molar-refractivity contribution in [3.63, 3.8) is 0 Å². The van der Waals surface area contributed by atoms with E-state index in [0.717, 1.165) is 25.0 Å². The number of nitrogens with one attached hydrogen (secondary N) is 2. The Morgan fingerprint density at radius 2 is 1.93 bits per heavy atom. The van der Waals surface area contributed by atoms with Gasteiger partial charge in [0.1, 0.15) is 0 Å². The average molecular weight is 385 g/mol. The normalized spacial score (nSPS) is 16.4. The Hall–Kier alpha value is -2.63. The molecule has 0 aliphatic carbocycles. The highest BCUT2D eigenvalue weighted by Crippen LogP contribution is 2.18. The minimum absolute atomic E-state index is 0.0641. The summed E-state index contributed by atoms with van der Waals surface area (Å²) in [6, 6.07) is 14.1. The summed E-state index contributed by atoms with van der Waals surface area (Å²) in [5.74, 6) is -0.578. The Labute approximate surface area is 163 Å². The number of anilines is 1. The first-order valence-corrected chi connectivity index (χ1v) is 9.24. The third-order valence-electron chi connectivity index (χ3n) is 4.26. The van der Waals surface area contributed by atoms with E-state index in [-0.39, 0.29) is 17.9 Å². The van der Waals surface area contributed by atoms with E-state index in [2.05, 4.69) is 10.6 Å². The second-order valence-electron chi connectivity index (χ2n) is 6.23. The lowest BCUT2D eigenvalue weighted by atomic mass is 10.1. The molecule has 1 unspecified atom stereocenters. The summed E-state index contributed by atoms with van der Waals surface area (Å²) in [4.78, 5) is 24.7. The zero-order valence-corrected chi connectivity index (χ0v) is 15.5. The number of amides is 2. The molecule has 140 valence electrons. The molecule has 2 aromatic rings. The van der Waals surface area contributed by atoms with Crippen LogP contribution in [0.5, 0.6) is 0 Å². The molecule has 2 aromatic carbocycles. The first-order valence-electron chi connectivity index (χ1n) is 8.86. The van der Waals surface area contributed by atoms with Gasteiger partial charge in [0.2, 0.25) is 5.91 Å². The van der Waals surface area contributed by atoms with E-state index in [9.17, 15) is 9.59 Å². The van der Waals surface area contributed by atoms with Gasteiger partial charge in [0.05, 0.1) is 17.4 Å². The number of hydrogen-bond acceptors (Lipinski definition) is 3. The number of hydrogen-bond donors (Lipinski definition) is 2. The van der Waals surface area contributed by atoms with Gasteiger partial charge in [0.25, 0.3) is 5.91 Å². The molecule has 1 atom stereocenters. The fourth-order valence-electron chi connectivity index (χ4n) is 2.85. The van der Waals surface area contributed by atoms with Crippen molar-refractivity contribution in [3.05, 3.63) is 70.8 Å². The first kappa shape index (κ1) is 19.1. The fourth-order valence-corrected chi connectivity index (χ4v) is 3.05. The molecular weight excluding hydrogens is 364 g/mol. The third kappa shape index (κ3) is 5.42. The number of rotatable bonds is 6. The number of benzene rings is 2. The molecule has 0 bridgehead atoms. The van der Waals surface area contributed by atoms with Crippen LogP contribution in [0.4, 0.5) is 5.69 Å². The van der Waals surface area contributed by atoms with Crippen LogP contribution < -0.4 is 10.6 Å². The molecule has 1 aliphatic rings. The molecule has 1 aliphatic heterocycles. The zero-order chi connectivity index (χ0) is 19.1. The van der Waals surface area contributed by atoms with Gasteiger partial charge in [-0.15, -0.1) is 0 Å². The molecule has 2 amide bonds. The van der Waals surface area contributed by atoms with Crippen LogP contribution in [0.2, 0.25) is 5.02 Å². The van der Waals surface area contributed by atoms with E-state index in [1.807, 2.05) is 18.2 Å². The Kier molecular flexibility index (Phi) is 6.63. The van der Waals surface area contributed by atoms with Crippen LogP contribution >= 0.6 is 11.6 Å². The Bertz CT molecular complexity index is 845. The van der Waals surface area contributed by atoms with E-state index in [1.165, 1.54) is 6.08 Å². The second-order valence-corrected chi connectivity index (χ2v) is 6.64. The topological polar surface area (TPSA) is 67.4 Å². The van der Waals surface area contributed by atoms with Crippen LogP contribution in [0.1, 0.15) is 28.8 Å². The molecule has 0 radical (unpaired) electrons. The minimum atomic E-state index is -0.339.